The monoisotopic (exact) mass is 140 g/mol. The van der Waals surface area contributed by atoms with E-state index in [1.165, 1.54) is 19.3 Å². The van der Waals surface area contributed by atoms with Crippen LogP contribution in [-0.4, -0.2) is 13.2 Å². The summed E-state index contributed by atoms with van der Waals surface area (Å²) in [6.45, 7) is 6.33. The average Bonchev–Trinajstić information content (AvgIpc) is 2.05. The maximum atomic E-state index is 5.26. The van der Waals surface area contributed by atoms with Crippen molar-refractivity contribution >= 4 is 0 Å². The zero-order valence-electron chi connectivity index (χ0n) is 6.94. The molecule has 1 heterocycles. The van der Waals surface area contributed by atoms with Gasteiger partial charge in [0.05, 0.1) is 13.2 Å². The van der Waals surface area contributed by atoms with Crippen molar-refractivity contribution in [3.8, 4) is 0 Å². The first-order chi connectivity index (χ1) is 4.84. The smallest absolute Gasteiger partial charge is 0.0503 e. The molecular weight excluding hydrogens is 124 g/mol. The molecule has 0 amide bonds. The molecule has 1 saturated heterocycles. The standard InChI is InChI=1S/C9H16O/c1-3-8(2)9-4-6-10-7-5-9/h3-7H2,1-2H3. The molecule has 0 aromatic heterocycles. The van der Waals surface area contributed by atoms with Crippen LogP contribution in [0.3, 0.4) is 0 Å². The van der Waals surface area contributed by atoms with E-state index in [4.69, 9.17) is 4.74 Å². The largest absolute Gasteiger partial charge is 0.381 e. The van der Waals surface area contributed by atoms with Crippen molar-refractivity contribution in [1.82, 2.24) is 0 Å². The van der Waals surface area contributed by atoms with E-state index < -0.39 is 0 Å². The van der Waals surface area contributed by atoms with Crippen LogP contribution in [0.4, 0.5) is 0 Å². The molecule has 0 saturated carbocycles. The minimum atomic E-state index is 0.937. The normalized spacial score (nSPS) is 19.2. The fraction of sp³-hybridized carbons (Fsp3) is 0.778. The molecule has 0 bridgehead atoms. The molecule has 1 aliphatic rings. The summed E-state index contributed by atoms with van der Waals surface area (Å²) >= 11 is 0. The fourth-order valence-corrected chi connectivity index (χ4v) is 1.29. The Morgan fingerprint density at radius 1 is 1.40 bits per heavy atom. The minimum Gasteiger partial charge on any atom is -0.381 e. The Hall–Kier alpha value is -0.300. The van der Waals surface area contributed by atoms with Gasteiger partial charge in [0, 0.05) is 0 Å². The number of ether oxygens (including phenoxy) is 1. The van der Waals surface area contributed by atoms with Gasteiger partial charge in [0.25, 0.3) is 0 Å². The SMILES string of the molecule is CCC(C)=C1CCOCC1. The summed E-state index contributed by atoms with van der Waals surface area (Å²) in [4.78, 5) is 0. The van der Waals surface area contributed by atoms with Gasteiger partial charge in [-0.1, -0.05) is 18.1 Å². The van der Waals surface area contributed by atoms with Crippen LogP contribution in [0.25, 0.3) is 0 Å². The van der Waals surface area contributed by atoms with Gasteiger partial charge in [0.1, 0.15) is 0 Å². The first kappa shape index (κ1) is 7.80. The average molecular weight is 140 g/mol. The lowest BCUT2D eigenvalue weighted by atomic mass is 10.0. The molecule has 0 unspecified atom stereocenters. The number of rotatable bonds is 1. The Labute approximate surface area is 63.1 Å². The molecule has 1 rings (SSSR count). The summed E-state index contributed by atoms with van der Waals surface area (Å²) in [6.07, 6.45) is 3.54. The second kappa shape index (κ2) is 3.77. The Bertz CT molecular complexity index is 128. The van der Waals surface area contributed by atoms with Gasteiger partial charge in [-0.25, -0.2) is 0 Å². The third-order valence-electron chi connectivity index (χ3n) is 2.23. The van der Waals surface area contributed by atoms with Gasteiger partial charge < -0.3 is 4.74 Å². The minimum absolute atomic E-state index is 0.937. The molecule has 58 valence electrons. The van der Waals surface area contributed by atoms with E-state index in [9.17, 15) is 0 Å². The highest BCUT2D eigenvalue weighted by Crippen LogP contribution is 2.19. The molecule has 1 heteroatoms. The quantitative estimate of drug-likeness (QED) is 0.508. The van der Waals surface area contributed by atoms with Crippen molar-refractivity contribution in [2.24, 2.45) is 0 Å². The lowest BCUT2D eigenvalue weighted by Gasteiger charge is -2.16. The van der Waals surface area contributed by atoms with E-state index >= 15 is 0 Å². The Kier molecular flexibility index (Phi) is 2.94. The van der Waals surface area contributed by atoms with E-state index in [0.29, 0.717) is 0 Å². The number of hydrogen-bond acceptors (Lipinski definition) is 1. The van der Waals surface area contributed by atoms with Gasteiger partial charge in [-0.05, 0) is 26.2 Å². The number of hydrogen-bond donors (Lipinski definition) is 0. The Balaban J connectivity index is 2.51. The third-order valence-corrected chi connectivity index (χ3v) is 2.23. The summed E-state index contributed by atoms with van der Waals surface area (Å²) < 4.78 is 5.26. The van der Waals surface area contributed by atoms with E-state index in [0.717, 1.165) is 13.2 Å². The third kappa shape index (κ3) is 1.84. The molecule has 1 fully saturated rings. The molecule has 0 radical (unpaired) electrons. The van der Waals surface area contributed by atoms with Crippen molar-refractivity contribution in [2.75, 3.05) is 13.2 Å². The van der Waals surface area contributed by atoms with Crippen LogP contribution in [0.1, 0.15) is 33.1 Å². The van der Waals surface area contributed by atoms with Crippen molar-refractivity contribution in [2.45, 2.75) is 33.1 Å². The lowest BCUT2D eigenvalue weighted by molar-refractivity contribution is 0.118. The van der Waals surface area contributed by atoms with Gasteiger partial charge in [-0.3, -0.25) is 0 Å². The van der Waals surface area contributed by atoms with Crippen molar-refractivity contribution in [1.29, 1.82) is 0 Å². The summed E-state index contributed by atoms with van der Waals surface area (Å²) in [5.74, 6) is 0. The van der Waals surface area contributed by atoms with Crippen LogP contribution in [0.5, 0.6) is 0 Å². The zero-order chi connectivity index (χ0) is 7.40. The Morgan fingerprint density at radius 2 is 2.00 bits per heavy atom. The zero-order valence-corrected chi connectivity index (χ0v) is 6.94. The first-order valence-corrected chi connectivity index (χ1v) is 4.10. The second-order valence-electron chi connectivity index (χ2n) is 2.85. The highest BCUT2D eigenvalue weighted by Gasteiger charge is 2.06. The van der Waals surface area contributed by atoms with Crippen LogP contribution >= 0.6 is 0 Å². The molecule has 1 aliphatic heterocycles. The van der Waals surface area contributed by atoms with Crippen LogP contribution in [0, 0.1) is 0 Å². The highest BCUT2D eigenvalue weighted by atomic mass is 16.5. The van der Waals surface area contributed by atoms with Crippen molar-refractivity contribution < 1.29 is 4.74 Å². The van der Waals surface area contributed by atoms with Gasteiger partial charge in [0.15, 0.2) is 0 Å². The fourth-order valence-electron chi connectivity index (χ4n) is 1.29. The second-order valence-corrected chi connectivity index (χ2v) is 2.85. The molecular formula is C9H16O. The van der Waals surface area contributed by atoms with Crippen LogP contribution in [-0.2, 0) is 4.74 Å². The molecule has 10 heavy (non-hydrogen) atoms. The predicted molar refractivity (Wildman–Crippen MR) is 43.0 cm³/mol. The molecule has 0 aliphatic carbocycles. The van der Waals surface area contributed by atoms with Crippen LogP contribution in [0.15, 0.2) is 11.1 Å². The summed E-state index contributed by atoms with van der Waals surface area (Å²) in [5, 5.41) is 0. The summed E-state index contributed by atoms with van der Waals surface area (Å²) in [6, 6.07) is 0. The topological polar surface area (TPSA) is 9.23 Å². The van der Waals surface area contributed by atoms with E-state index in [1.807, 2.05) is 0 Å². The van der Waals surface area contributed by atoms with Gasteiger partial charge >= 0.3 is 0 Å². The van der Waals surface area contributed by atoms with Gasteiger partial charge in [0.2, 0.25) is 0 Å². The molecule has 0 spiro atoms. The van der Waals surface area contributed by atoms with Crippen LogP contribution < -0.4 is 0 Å². The van der Waals surface area contributed by atoms with Gasteiger partial charge in [-0.15, -0.1) is 0 Å². The molecule has 0 N–H and O–H groups in total. The summed E-state index contributed by atoms with van der Waals surface area (Å²) in [5.41, 5.74) is 3.21. The van der Waals surface area contributed by atoms with E-state index in [1.54, 1.807) is 11.1 Å². The maximum absolute atomic E-state index is 5.26. The molecule has 0 aromatic rings. The van der Waals surface area contributed by atoms with Crippen molar-refractivity contribution in [3.05, 3.63) is 11.1 Å². The predicted octanol–water partition coefficient (Wildman–Crippen LogP) is 2.52. The Morgan fingerprint density at radius 3 is 2.50 bits per heavy atom. The van der Waals surface area contributed by atoms with E-state index in [-0.39, 0.29) is 0 Å². The molecule has 1 nitrogen and oxygen atoms in total. The molecule has 0 atom stereocenters. The van der Waals surface area contributed by atoms with E-state index in [2.05, 4.69) is 13.8 Å². The van der Waals surface area contributed by atoms with Crippen molar-refractivity contribution in [3.63, 3.8) is 0 Å². The summed E-state index contributed by atoms with van der Waals surface area (Å²) in [7, 11) is 0. The first-order valence-electron chi connectivity index (χ1n) is 4.10. The van der Waals surface area contributed by atoms with Gasteiger partial charge in [-0.2, -0.15) is 0 Å². The maximum Gasteiger partial charge on any atom is 0.0503 e. The van der Waals surface area contributed by atoms with Crippen LogP contribution in [0.2, 0.25) is 0 Å². The highest BCUT2D eigenvalue weighted by molar-refractivity contribution is 5.12. The lowest BCUT2D eigenvalue weighted by Crippen LogP contribution is -2.08. The molecule has 0 aromatic carbocycles. The number of allylic oxidation sites excluding steroid dienone is 1.